The van der Waals surface area contributed by atoms with Crippen molar-refractivity contribution in [1.29, 1.82) is 0 Å². The van der Waals surface area contributed by atoms with E-state index in [1.54, 1.807) is 45.3 Å². The first-order chi connectivity index (χ1) is 13.7. The van der Waals surface area contributed by atoms with Crippen molar-refractivity contribution in [2.75, 3.05) is 7.05 Å². The highest BCUT2D eigenvalue weighted by Crippen LogP contribution is 2.35. The van der Waals surface area contributed by atoms with E-state index in [0.717, 1.165) is 4.90 Å². The zero-order valence-corrected chi connectivity index (χ0v) is 16.4. The smallest absolute Gasteiger partial charge is 0.334 e. The summed E-state index contributed by atoms with van der Waals surface area (Å²) in [5.74, 6) is -1.36. The second kappa shape index (κ2) is 6.40. The minimum atomic E-state index is -0.730. The minimum Gasteiger partial charge on any atom is -0.334 e. The van der Waals surface area contributed by atoms with Gasteiger partial charge in [-0.05, 0) is 32.9 Å². The summed E-state index contributed by atoms with van der Waals surface area (Å²) in [4.78, 5) is 52.9. The molecule has 0 saturated carbocycles. The van der Waals surface area contributed by atoms with Gasteiger partial charge in [-0.25, -0.2) is 14.8 Å². The Kier molecular flexibility index (Phi) is 4.11. The molecular formula is C20H19N5O4. The Morgan fingerprint density at radius 2 is 1.90 bits per heavy atom. The van der Waals surface area contributed by atoms with Gasteiger partial charge in [-0.1, -0.05) is 0 Å². The molecule has 9 nitrogen and oxygen atoms in total. The number of fused-ring (bicyclic) bond motifs is 1. The maximum Gasteiger partial charge on any atom is 0.338 e. The molecule has 0 aliphatic carbocycles. The van der Waals surface area contributed by atoms with Crippen LogP contribution in [0.2, 0.25) is 0 Å². The zero-order valence-electron chi connectivity index (χ0n) is 16.4. The molecule has 1 aliphatic rings. The van der Waals surface area contributed by atoms with Crippen molar-refractivity contribution in [2.24, 2.45) is 5.41 Å². The van der Waals surface area contributed by atoms with Gasteiger partial charge in [0.05, 0.1) is 23.5 Å². The number of amides is 2. The van der Waals surface area contributed by atoms with Crippen LogP contribution in [-0.2, 0) is 14.4 Å². The van der Waals surface area contributed by atoms with Crippen molar-refractivity contribution >= 4 is 40.1 Å². The van der Waals surface area contributed by atoms with Gasteiger partial charge in [0.15, 0.2) is 5.65 Å². The molecule has 0 radical (unpaired) electrons. The zero-order chi connectivity index (χ0) is 20.9. The molecule has 2 amide bonds. The minimum absolute atomic E-state index is 0.181. The largest absolute Gasteiger partial charge is 0.338 e. The van der Waals surface area contributed by atoms with E-state index in [-0.39, 0.29) is 11.3 Å². The molecule has 0 spiro atoms. The van der Waals surface area contributed by atoms with Gasteiger partial charge in [0, 0.05) is 36.6 Å². The number of hydrogen-bond donors (Lipinski definition) is 0. The number of nitrogens with zero attached hydrogens (tertiary/aromatic N) is 5. The Morgan fingerprint density at radius 3 is 2.55 bits per heavy atom. The number of carbonyl (C=O) groups excluding carboxylic acids is 3. The molecule has 4 heterocycles. The number of imidazole rings is 1. The van der Waals surface area contributed by atoms with Gasteiger partial charge in [0.25, 0.3) is 11.8 Å². The molecular weight excluding hydrogens is 374 g/mol. The van der Waals surface area contributed by atoms with Gasteiger partial charge in [0.2, 0.25) is 0 Å². The number of pyridine rings is 1. The van der Waals surface area contributed by atoms with Crippen molar-refractivity contribution in [3.63, 3.8) is 0 Å². The molecule has 0 unspecified atom stereocenters. The topological polar surface area (TPSA) is 99.3 Å². The van der Waals surface area contributed by atoms with Crippen molar-refractivity contribution in [3.05, 3.63) is 48.8 Å². The van der Waals surface area contributed by atoms with Crippen LogP contribution in [0.15, 0.2) is 43.2 Å². The lowest BCUT2D eigenvalue weighted by molar-refractivity contribution is -0.152. The molecule has 148 valence electrons. The highest BCUT2D eigenvalue weighted by atomic mass is 16.7. The van der Waals surface area contributed by atoms with E-state index in [4.69, 9.17) is 4.84 Å². The Hall–Kier alpha value is -3.75. The summed E-state index contributed by atoms with van der Waals surface area (Å²) in [5, 5.41) is 0.582. The fraction of sp³-hybridized carbons (Fsp3) is 0.250. The van der Waals surface area contributed by atoms with Crippen LogP contribution >= 0.6 is 0 Å². The Labute approximate surface area is 166 Å². The van der Waals surface area contributed by atoms with Gasteiger partial charge >= 0.3 is 5.97 Å². The second-order valence-electron chi connectivity index (χ2n) is 7.73. The third-order valence-corrected chi connectivity index (χ3v) is 4.62. The quantitative estimate of drug-likeness (QED) is 0.627. The highest BCUT2D eigenvalue weighted by molar-refractivity contribution is 6.47. The summed E-state index contributed by atoms with van der Waals surface area (Å²) in [6.45, 7) is 5.22. The summed E-state index contributed by atoms with van der Waals surface area (Å²) < 4.78 is 2.74. The monoisotopic (exact) mass is 393 g/mol. The molecule has 0 aromatic carbocycles. The van der Waals surface area contributed by atoms with E-state index in [9.17, 15) is 14.4 Å². The third-order valence-electron chi connectivity index (χ3n) is 4.62. The molecule has 3 aromatic heterocycles. The molecule has 29 heavy (non-hydrogen) atoms. The van der Waals surface area contributed by atoms with Crippen LogP contribution in [0.1, 0.15) is 26.3 Å². The Morgan fingerprint density at radius 1 is 1.14 bits per heavy atom. The molecule has 0 saturated heterocycles. The van der Waals surface area contributed by atoms with E-state index in [1.807, 2.05) is 0 Å². The normalized spacial score (nSPS) is 15.0. The van der Waals surface area contributed by atoms with E-state index < -0.39 is 23.2 Å². The highest BCUT2D eigenvalue weighted by Gasteiger charge is 2.39. The van der Waals surface area contributed by atoms with Gasteiger partial charge in [0.1, 0.15) is 5.70 Å². The summed E-state index contributed by atoms with van der Waals surface area (Å²) >= 11 is 0. The van der Waals surface area contributed by atoms with Crippen LogP contribution < -0.4 is 4.84 Å². The van der Waals surface area contributed by atoms with Crippen LogP contribution in [-0.4, -0.2) is 49.0 Å². The fourth-order valence-corrected chi connectivity index (χ4v) is 3.03. The lowest BCUT2D eigenvalue weighted by Crippen LogP contribution is -2.31. The molecule has 0 atom stereocenters. The first-order valence-electron chi connectivity index (χ1n) is 8.94. The second-order valence-corrected chi connectivity index (χ2v) is 7.73. The average molecular weight is 393 g/mol. The average Bonchev–Trinajstić information content (AvgIpc) is 3.36. The number of imide groups is 1. The SMILES string of the molecule is CN1C(=O)C(c2cn(OC(=O)C(C)(C)C)c3ncccc23)=C(n2ccnc2)C1=O. The summed E-state index contributed by atoms with van der Waals surface area (Å²) in [5.41, 5.74) is 0.458. The number of rotatable bonds is 3. The number of hydrogen-bond acceptors (Lipinski definition) is 6. The van der Waals surface area contributed by atoms with E-state index in [0.29, 0.717) is 16.6 Å². The van der Waals surface area contributed by atoms with Gasteiger partial charge in [-0.3, -0.25) is 14.5 Å². The van der Waals surface area contributed by atoms with Gasteiger partial charge in [-0.15, -0.1) is 0 Å². The Balaban J connectivity index is 1.95. The van der Waals surface area contributed by atoms with Crippen molar-refractivity contribution in [2.45, 2.75) is 20.8 Å². The van der Waals surface area contributed by atoms with Crippen molar-refractivity contribution in [3.8, 4) is 0 Å². The molecule has 3 aromatic rings. The van der Waals surface area contributed by atoms with Crippen molar-refractivity contribution in [1.82, 2.24) is 24.2 Å². The molecule has 0 N–H and O–H groups in total. The lowest BCUT2D eigenvalue weighted by atomic mass is 9.98. The first kappa shape index (κ1) is 18.6. The lowest BCUT2D eigenvalue weighted by Gasteiger charge is -2.16. The molecule has 4 rings (SSSR count). The van der Waals surface area contributed by atoms with Gasteiger partial charge in [-0.2, -0.15) is 4.73 Å². The van der Waals surface area contributed by atoms with E-state index >= 15 is 0 Å². The van der Waals surface area contributed by atoms with Crippen LogP contribution in [0.25, 0.3) is 22.3 Å². The number of carbonyl (C=O) groups is 3. The molecule has 0 bridgehead atoms. The molecule has 9 heteroatoms. The fourth-order valence-electron chi connectivity index (χ4n) is 3.03. The first-order valence-corrected chi connectivity index (χ1v) is 8.94. The predicted octanol–water partition coefficient (Wildman–Crippen LogP) is 1.60. The van der Waals surface area contributed by atoms with Crippen LogP contribution in [0, 0.1) is 5.41 Å². The number of aromatic nitrogens is 4. The predicted molar refractivity (Wildman–Crippen MR) is 104 cm³/mol. The molecule has 1 aliphatic heterocycles. The number of likely N-dealkylation sites (N-methyl/N-ethyl adjacent to an activating group) is 1. The van der Waals surface area contributed by atoms with Crippen LogP contribution in [0.3, 0.4) is 0 Å². The van der Waals surface area contributed by atoms with E-state index in [1.165, 1.54) is 35.1 Å². The van der Waals surface area contributed by atoms with E-state index in [2.05, 4.69) is 9.97 Å². The third kappa shape index (κ3) is 2.91. The summed E-state index contributed by atoms with van der Waals surface area (Å²) in [6.07, 6.45) is 7.65. The molecule has 0 fully saturated rings. The van der Waals surface area contributed by atoms with Crippen LogP contribution in [0.5, 0.6) is 0 Å². The summed E-state index contributed by atoms with van der Waals surface area (Å²) in [6, 6.07) is 3.47. The Bertz CT molecular complexity index is 1180. The standard InChI is InChI=1S/C20H19N5O4/c1-20(2,3)19(28)29-25-10-13(12-6-5-7-22-16(12)25)14-15(24-9-8-21-11-24)18(27)23(4)17(14)26/h5-11H,1-4H3. The maximum absolute atomic E-state index is 12.9. The van der Waals surface area contributed by atoms with Crippen molar-refractivity contribution < 1.29 is 19.2 Å². The van der Waals surface area contributed by atoms with Gasteiger partial charge < -0.3 is 9.40 Å². The van der Waals surface area contributed by atoms with Crippen LogP contribution in [0.4, 0.5) is 0 Å². The summed E-state index contributed by atoms with van der Waals surface area (Å²) in [7, 11) is 1.42. The maximum atomic E-state index is 12.9.